The fourth-order valence-electron chi connectivity index (χ4n) is 3.36. The number of rotatable bonds is 6. The summed E-state index contributed by atoms with van der Waals surface area (Å²) in [5.74, 6) is 0.983. The molecule has 1 aliphatic rings. The van der Waals surface area contributed by atoms with Crippen molar-refractivity contribution in [2.24, 2.45) is 5.92 Å². The molecule has 1 aliphatic heterocycles. The Balaban J connectivity index is 1.51. The Kier molecular flexibility index (Phi) is 6.53. The second-order valence-corrected chi connectivity index (χ2v) is 7.14. The summed E-state index contributed by atoms with van der Waals surface area (Å²) < 4.78 is 5.16. The normalized spacial score (nSPS) is 17.7. The van der Waals surface area contributed by atoms with Gasteiger partial charge in [-0.3, -0.25) is 9.69 Å². The van der Waals surface area contributed by atoms with E-state index in [2.05, 4.69) is 16.3 Å². The predicted octanol–water partition coefficient (Wildman–Crippen LogP) is 3.88. The Morgan fingerprint density at radius 3 is 2.73 bits per heavy atom. The van der Waals surface area contributed by atoms with Crippen molar-refractivity contribution >= 4 is 17.5 Å². The molecule has 0 aliphatic carbocycles. The van der Waals surface area contributed by atoms with Gasteiger partial charge >= 0.3 is 0 Å². The molecule has 2 aromatic carbocycles. The SMILES string of the molecule is COc1ccc(CNC(=O)C2CCCN(Cc3ccccc3Cl)C2)cc1. The van der Waals surface area contributed by atoms with Gasteiger partial charge in [0.1, 0.15) is 5.75 Å². The van der Waals surface area contributed by atoms with E-state index in [1.165, 1.54) is 0 Å². The first-order valence-corrected chi connectivity index (χ1v) is 9.40. The number of likely N-dealkylation sites (tertiary alicyclic amines) is 1. The summed E-state index contributed by atoms with van der Waals surface area (Å²) in [7, 11) is 1.65. The van der Waals surface area contributed by atoms with Crippen LogP contribution in [0.15, 0.2) is 48.5 Å². The fraction of sp³-hybridized carbons (Fsp3) is 0.381. The summed E-state index contributed by atoms with van der Waals surface area (Å²) in [6, 6.07) is 15.7. The third kappa shape index (κ3) is 4.99. The van der Waals surface area contributed by atoms with Crippen molar-refractivity contribution in [3.8, 4) is 5.75 Å². The van der Waals surface area contributed by atoms with Gasteiger partial charge in [0.25, 0.3) is 0 Å². The lowest BCUT2D eigenvalue weighted by Crippen LogP contribution is -2.42. The lowest BCUT2D eigenvalue weighted by Gasteiger charge is -2.32. The standard InChI is InChI=1S/C21H25ClN2O2/c1-26-19-10-8-16(9-11-19)13-23-21(25)18-6-4-12-24(15-18)14-17-5-2-3-7-20(17)22/h2-3,5,7-11,18H,4,6,12-15H2,1H3,(H,23,25). The van der Waals surface area contributed by atoms with Crippen molar-refractivity contribution in [2.45, 2.75) is 25.9 Å². The van der Waals surface area contributed by atoms with E-state index in [1.54, 1.807) is 7.11 Å². The van der Waals surface area contributed by atoms with Crippen LogP contribution in [-0.4, -0.2) is 31.0 Å². The molecule has 1 atom stereocenters. The van der Waals surface area contributed by atoms with Gasteiger partial charge in [-0.1, -0.05) is 41.9 Å². The highest BCUT2D eigenvalue weighted by Crippen LogP contribution is 2.22. The van der Waals surface area contributed by atoms with Crippen molar-refractivity contribution in [3.05, 3.63) is 64.7 Å². The first-order chi connectivity index (χ1) is 12.7. The number of carbonyl (C=O) groups is 1. The summed E-state index contributed by atoms with van der Waals surface area (Å²) in [6.45, 7) is 3.12. The number of nitrogens with one attached hydrogen (secondary N) is 1. The zero-order valence-electron chi connectivity index (χ0n) is 15.1. The molecule has 3 rings (SSSR count). The highest BCUT2D eigenvalue weighted by molar-refractivity contribution is 6.31. The van der Waals surface area contributed by atoms with Crippen molar-refractivity contribution in [1.82, 2.24) is 10.2 Å². The van der Waals surface area contributed by atoms with E-state index in [-0.39, 0.29) is 11.8 Å². The molecule has 4 nitrogen and oxygen atoms in total. The number of halogens is 1. The summed E-state index contributed by atoms with van der Waals surface area (Å²) >= 11 is 6.27. The highest BCUT2D eigenvalue weighted by atomic mass is 35.5. The number of hydrogen-bond acceptors (Lipinski definition) is 3. The molecule has 1 unspecified atom stereocenters. The van der Waals surface area contributed by atoms with Crippen LogP contribution in [0.3, 0.4) is 0 Å². The van der Waals surface area contributed by atoms with Gasteiger partial charge in [0.2, 0.25) is 5.91 Å². The molecule has 1 amide bonds. The number of benzene rings is 2. The average Bonchev–Trinajstić information content (AvgIpc) is 2.68. The maximum absolute atomic E-state index is 12.6. The molecule has 1 N–H and O–H groups in total. The summed E-state index contributed by atoms with van der Waals surface area (Å²) in [6.07, 6.45) is 1.97. The second-order valence-electron chi connectivity index (χ2n) is 6.73. The summed E-state index contributed by atoms with van der Waals surface area (Å²) in [5.41, 5.74) is 2.19. The number of methoxy groups -OCH3 is 1. The first-order valence-electron chi connectivity index (χ1n) is 9.02. The topological polar surface area (TPSA) is 41.6 Å². The summed E-state index contributed by atoms with van der Waals surface area (Å²) in [5, 5.41) is 3.86. The number of piperidine rings is 1. The third-order valence-electron chi connectivity index (χ3n) is 4.85. The summed E-state index contributed by atoms with van der Waals surface area (Å²) in [4.78, 5) is 14.9. The van der Waals surface area contributed by atoms with Gasteiger partial charge in [0, 0.05) is 24.7 Å². The Morgan fingerprint density at radius 1 is 1.23 bits per heavy atom. The zero-order chi connectivity index (χ0) is 18.4. The number of nitrogens with zero attached hydrogens (tertiary/aromatic N) is 1. The predicted molar refractivity (Wildman–Crippen MR) is 104 cm³/mol. The van der Waals surface area contributed by atoms with Gasteiger partial charge in [0.05, 0.1) is 13.0 Å². The molecular formula is C21H25ClN2O2. The van der Waals surface area contributed by atoms with Crippen LogP contribution < -0.4 is 10.1 Å². The molecule has 1 heterocycles. The number of ether oxygens (including phenoxy) is 1. The lowest BCUT2D eigenvalue weighted by molar-refractivity contribution is -0.126. The Morgan fingerprint density at radius 2 is 2.00 bits per heavy atom. The Labute approximate surface area is 160 Å². The highest BCUT2D eigenvalue weighted by Gasteiger charge is 2.25. The fourth-order valence-corrected chi connectivity index (χ4v) is 3.55. The second kappa shape index (κ2) is 9.06. The molecule has 26 heavy (non-hydrogen) atoms. The molecule has 0 radical (unpaired) electrons. The molecule has 1 fully saturated rings. The van der Waals surface area contributed by atoms with Crippen LogP contribution in [0.5, 0.6) is 5.75 Å². The van der Waals surface area contributed by atoms with Crippen LogP contribution in [0.2, 0.25) is 5.02 Å². The number of hydrogen-bond donors (Lipinski definition) is 1. The van der Waals surface area contributed by atoms with E-state index in [1.807, 2.05) is 42.5 Å². The molecule has 1 saturated heterocycles. The minimum Gasteiger partial charge on any atom is -0.497 e. The molecule has 0 bridgehead atoms. The Hall–Kier alpha value is -2.04. The van der Waals surface area contributed by atoms with Crippen LogP contribution in [-0.2, 0) is 17.9 Å². The minimum absolute atomic E-state index is 0.0319. The van der Waals surface area contributed by atoms with E-state index < -0.39 is 0 Å². The minimum atomic E-state index is 0.0319. The zero-order valence-corrected chi connectivity index (χ0v) is 15.8. The monoisotopic (exact) mass is 372 g/mol. The Bertz CT molecular complexity index is 733. The third-order valence-corrected chi connectivity index (χ3v) is 5.22. The van der Waals surface area contributed by atoms with Crippen molar-refractivity contribution < 1.29 is 9.53 Å². The van der Waals surface area contributed by atoms with Crippen molar-refractivity contribution in [1.29, 1.82) is 0 Å². The van der Waals surface area contributed by atoms with Gasteiger partial charge in [-0.2, -0.15) is 0 Å². The van der Waals surface area contributed by atoms with Gasteiger partial charge in [-0.05, 0) is 48.7 Å². The van der Waals surface area contributed by atoms with Gasteiger partial charge in [0.15, 0.2) is 0 Å². The van der Waals surface area contributed by atoms with Crippen LogP contribution in [0, 0.1) is 5.92 Å². The molecule has 0 aromatic heterocycles. The van der Waals surface area contributed by atoms with Crippen LogP contribution in [0.1, 0.15) is 24.0 Å². The van der Waals surface area contributed by atoms with Crippen molar-refractivity contribution in [2.75, 3.05) is 20.2 Å². The van der Waals surface area contributed by atoms with Gasteiger partial charge in [-0.15, -0.1) is 0 Å². The van der Waals surface area contributed by atoms with Gasteiger partial charge in [-0.25, -0.2) is 0 Å². The maximum Gasteiger partial charge on any atom is 0.224 e. The maximum atomic E-state index is 12.6. The molecule has 5 heteroatoms. The van der Waals surface area contributed by atoms with E-state index in [4.69, 9.17) is 16.3 Å². The molecule has 138 valence electrons. The van der Waals surface area contributed by atoms with Crippen LogP contribution in [0.25, 0.3) is 0 Å². The number of amides is 1. The number of carbonyl (C=O) groups excluding carboxylic acids is 1. The van der Waals surface area contributed by atoms with E-state index in [0.717, 1.165) is 54.4 Å². The first kappa shape index (κ1) is 18.7. The van der Waals surface area contributed by atoms with Gasteiger partial charge < -0.3 is 10.1 Å². The smallest absolute Gasteiger partial charge is 0.224 e. The molecule has 0 saturated carbocycles. The lowest BCUT2D eigenvalue weighted by atomic mass is 9.96. The molecule has 0 spiro atoms. The molecular weight excluding hydrogens is 348 g/mol. The van der Waals surface area contributed by atoms with Crippen LogP contribution in [0.4, 0.5) is 0 Å². The molecule has 2 aromatic rings. The van der Waals surface area contributed by atoms with E-state index >= 15 is 0 Å². The average molecular weight is 373 g/mol. The van der Waals surface area contributed by atoms with E-state index in [9.17, 15) is 4.79 Å². The van der Waals surface area contributed by atoms with Crippen LogP contribution >= 0.6 is 11.6 Å². The van der Waals surface area contributed by atoms with E-state index in [0.29, 0.717) is 6.54 Å². The van der Waals surface area contributed by atoms with Crippen molar-refractivity contribution in [3.63, 3.8) is 0 Å². The largest absolute Gasteiger partial charge is 0.497 e. The quantitative estimate of drug-likeness (QED) is 0.836.